The van der Waals surface area contributed by atoms with Gasteiger partial charge in [-0.15, -0.1) is 0 Å². The van der Waals surface area contributed by atoms with Gasteiger partial charge in [-0.3, -0.25) is 4.79 Å². The fourth-order valence-corrected chi connectivity index (χ4v) is 3.19. The summed E-state index contributed by atoms with van der Waals surface area (Å²) in [6.07, 6.45) is 3.40. The molecule has 0 saturated carbocycles. The Morgan fingerprint density at radius 1 is 1.41 bits per heavy atom. The topological polar surface area (TPSA) is 50.8 Å². The molecule has 0 unspecified atom stereocenters. The van der Waals surface area contributed by atoms with Gasteiger partial charge in [-0.25, -0.2) is 0 Å². The zero-order valence-electron chi connectivity index (χ0n) is 13.4. The normalized spacial score (nSPS) is 19.9. The Morgan fingerprint density at radius 3 is 2.91 bits per heavy atom. The Hall–Kier alpha value is -1.75. The first kappa shape index (κ1) is 15.2. The van der Waals surface area contributed by atoms with E-state index >= 15 is 0 Å². The fourth-order valence-electron chi connectivity index (χ4n) is 3.19. The quantitative estimate of drug-likeness (QED) is 0.900. The lowest BCUT2D eigenvalue weighted by molar-refractivity contribution is -0.129. The van der Waals surface area contributed by atoms with Crippen molar-refractivity contribution >= 4 is 5.91 Å². The van der Waals surface area contributed by atoms with Gasteiger partial charge < -0.3 is 19.7 Å². The molecule has 0 bridgehead atoms. The molecule has 2 aliphatic rings. The van der Waals surface area contributed by atoms with E-state index in [1.165, 1.54) is 5.56 Å². The Morgan fingerprint density at radius 2 is 2.18 bits per heavy atom. The average molecular weight is 304 g/mol. The van der Waals surface area contributed by atoms with Gasteiger partial charge in [0.25, 0.3) is 0 Å². The highest BCUT2D eigenvalue weighted by atomic mass is 16.5. The zero-order chi connectivity index (χ0) is 15.5. The van der Waals surface area contributed by atoms with Crippen molar-refractivity contribution in [3.8, 4) is 11.5 Å². The van der Waals surface area contributed by atoms with Crippen LogP contribution in [0.4, 0.5) is 0 Å². The molecule has 120 valence electrons. The minimum Gasteiger partial charge on any atom is -0.496 e. The molecule has 2 aliphatic heterocycles. The van der Waals surface area contributed by atoms with Gasteiger partial charge in [-0.1, -0.05) is 0 Å². The molecule has 5 nitrogen and oxygen atoms in total. The maximum atomic E-state index is 12.0. The lowest BCUT2D eigenvalue weighted by Gasteiger charge is -2.16. The van der Waals surface area contributed by atoms with E-state index in [1.807, 2.05) is 11.0 Å². The number of nitrogens with one attached hydrogen (secondary N) is 1. The van der Waals surface area contributed by atoms with E-state index < -0.39 is 0 Å². The SMILES string of the molecule is COc1cc2c(cc1CNCC(=O)N1CCCC1)O[C@@H](C)C2. The van der Waals surface area contributed by atoms with Crippen molar-refractivity contribution in [3.05, 3.63) is 23.3 Å². The van der Waals surface area contributed by atoms with Gasteiger partial charge in [0.2, 0.25) is 5.91 Å². The second-order valence-electron chi connectivity index (χ2n) is 6.10. The molecular weight excluding hydrogens is 280 g/mol. The van der Waals surface area contributed by atoms with Crippen molar-refractivity contribution in [2.75, 3.05) is 26.7 Å². The molecule has 1 atom stereocenters. The van der Waals surface area contributed by atoms with Gasteiger partial charge in [-0.2, -0.15) is 0 Å². The Labute approximate surface area is 131 Å². The number of methoxy groups -OCH3 is 1. The molecule has 0 aromatic heterocycles. The maximum Gasteiger partial charge on any atom is 0.236 e. The highest BCUT2D eigenvalue weighted by Crippen LogP contribution is 2.34. The second kappa shape index (κ2) is 6.57. The molecular formula is C17H24N2O3. The molecule has 3 rings (SSSR count). The van der Waals surface area contributed by atoms with Crippen molar-refractivity contribution in [1.82, 2.24) is 10.2 Å². The minimum atomic E-state index is 0.183. The predicted molar refractivity (Wildman–Crippen MR) is 84.3 cm³/mol. The monoisotopic (exact) mass is 304 g/mol. The highest BCUT2D eigenvalue weighted by Gasteiger charge is 2.22. The van der Waals surface area contributed by atoms with Crippen molar-refractivity contribution < 1.29 is 14.3 Å². The number of rotatable bonds is 5. The summed E-state index contributed by atoms with van der Waals surface area (Å²) in [4.78, 5) is 14.0. The van der Waals surface area contributed by atoms with E-state index in [9.17, 15) is 4.79 Å². The van der Waals surface area contributed by atoms with Crippen molar-refractivity contribution in [2.45, 2.75) is 38.8 Å². The van der Waals surface area contributed by atoms with Crippen LogP contribution >= 0.6 is 0 Å². The molecule has 1 fully saturated rings. The van der Waals surface area contributed by atoms with Gasteiger partial charge in [0.1, 0.15) is 17.6 Å². The molecule has 22 heavy (non-hydrogen) atoms. The molecule has 0 radical (unpaired) electrons. The third kappa shape index (κ3) is 3.19. The number of nitrogens with zero attached hydrogens (tertiary/aromatic N) is 1. The van der Waals surface area contributed by atoms with E-state index in [-0.39, 0.29) is 12.0 Å². The zero-order valence-corrected chi connectivity index (χ0v) is 13.4. The largest absolute Gasteiger partial charge is 0.496 e. The first-order valence-electron chi connectivity index (χ1n) is 8.02. The fraction of sp³-hybridized carbons (Fsp3) is 0.588. The van der Waals surface area contributed by atoms with E-state index in [2.05, 4.69) is 18.3 Å². The summed E-state index contributed by atoms with van der Waals surface area (Å²) in [6, 6.07) is 4.09. The van der Waals surface area contributed by atoms with Crippen LogP contribution in [-0.2, 0) is 17.8 Å². The number of hydrogen-bond donors (Lipinski definition) is 1. The van der Waals surface area contributed by atoms with E-state index in [0.717, 1.165) is 49.4 Å². The highest BCUT2D eigenvalue weighted by molar-refractivity contribution is 5.78. The molecule has 0 aliphatic carbocycles. The number of carbonyl (C=O) groups excluding carboxylic acids is 1. The first-order chi connectivity index (χ1) is 10.7. The lowest BCUT2D eigenvalue weighted by atomic mass is 10.1. The molecule has 1 amide bonds. The number of benzene rings is 1. The summed E-state index contributed by atoms with van der Waals surface area (Å²) < 4.78 is 11.3. The van der Waals surface area contributed by atoms with Crippen molar-refractivity contribution in [2.24, 2.45) is 0 Å². The third-order valence-electron chi connectivity index (χ3n) is 4.35. The van der Waals surface area contributed by atoms with Crippen LogP contribution in [0.15, 0.2) is 12.1 Å². The van der Waals surface area contributed by atoms with Crippen LogP contribution < -0.4 is 14.8 Å². The summed E-state index contributed by atoms with van der Waals surface area (Å²) in [5, 5.41) is 3.23. The summed E-state index contributed by atoms with van der Waals surface area (Å²) in [6.45, 7) is 4.84. The molecule has 1 aromatic carbocycles. The molecule has 2 heterocycles. The van der Waals surface area contributed by atoms with Crippen LogP contribution in [0.3, 0.4) is 0 Å². The third-order valence-corrected chi connectivity index (χ3v) is 4.35. The number of likely N-dealkylation sites (tertiary alicyclic amines) is 1. The van der Waals surface area contributed by atoms with Crippen LogP contribution in [0.1, 0.15) is 30.9 Å². The molecule has 0 spiro atoms. The Balaban J connectivity index is 1.60. The lowest BCUT2D eigenvalue weighted by Crippen LogP contribution is -2.36. The number of hydrogen-bond acceptors (Lipinski definition) is 4. The van der Waals surface area contributed by atoms with Gasteiger partial charge in [0, 0.05) is 37.2 Å². The van der Waals surface area contributed by atoms with Crippen LogP contribution in [0.25, 0.3) is 0 Å². The predicted octanol–water partition coefficient (Wildman–Crippen LogP) is 1.73. The van der Waals surface area contributed by atoms with Crippen LogP contribution in [-0.4, -0.2) is 43.7 Å². The Bertz CT molecular complexity index is 553. The van der Waals surface area contributed by atoms with Gasteiger partial charge in [0.05, 0.1) is 13.7 Å². The summed E-state index contributed by atoms with van der Waals surface area (Å²) in [7, 11) is 1.68. The average Bonchev–Trinajstić information content (AvgIpc) is 3.14. The molecule has 1 aromatic rings. The van der Waals surface area contributed by atoms with E-state index in [1.54, 1.807) is 7.11 Å². The first-order valence-corrected chi connectivity index (χ1v) is 8.02. The van der Waals surface area contributed by atoms with Gasteiger partial charge in [-0.05, 0) is 31.9 Å². The van der Waals surface area contributed by atoms with Crippen LogP contribution in [0, 0.1) is 0 Å². The maximum absolute atomic E-state index is 12.0. The van der Waals surface area contributed by atoms with Crippen molar-refractivity contribution in [3.63, 3.8) is 0 Å². The smallest absolute Gasteiger partial charge is 0.236 e. The minimum absolute atomic E-state index is 0.183. The molecule has 1 N–H and O–H groups in total. The summed E-state index contributed by atoms with van der Waals surface area (Å²) in [5.74, 6) is 1.98. The standard InChI is InChI=1S/C17H24N2O3/c1-12-7-13-8-15(21-2)14(9-16(13)22-12)10-18-11-17(20)19-5-3-4-6-19/h8-9,12,18H,3-7,10-11H2,1-2H3/t12-/m0/s1. The van der Waals surface area contributed by atoms with Gasteiger partial charge in [0.15, 0.2) is 0 Å². The second-order valence-corrected chi connectivity index (χ2v) is 6.10. The number of fused-ring (bicyclic) bond motifs is 1. The number of carbonyl (C=O) groups is 1. The Kier molecular flexibility index (Phi) is 4.52. The van der Waals surface area contributed by atoms with E-state index in [4.69, 9.17) is 9.47 Å². The van der Waals surface area contributed by atoms with Gasteiger partial charge >= 0.3 is 0 Å². The molecule has 5 heteroatoms. The number of ether oxygens (including phenoxy) is 2. The van der Waals surface area contributed by atoms with Crippen molar-refractivity contribution in [1.29, 1.82) is 0 Å². The summed E-state index contributed by atoms with van der Waals surface area (Å²) >= 11 is 0. The van der Waals surface area contributed by atoms with Crippen LogP contribution in [0.2, 0.25) is 0 Å². The van der Waals surface area contributed by atoms with E-state index in [0.29, 0.717) is 13.1 Å². The summed E-state index contributed by atoms with van der Waals surface area (Å²) in [5.41, 5.74) is 2.23. The van der Waals surface area contributed by atoms with Crippen LogP contribution in [0.5, 0.6) is 11.5 Å². The number of amides is 1. The molecule has 1 saturated heterocycles.